The first-order valence-corrected chi connectivity index (χ1v) is 7.96. The molecule has 2 nitrogen and oxygen atoms in total. The van der Waals surface area contributed by atoms with E-state index in [1.165, 1.54) is 35.1 Å². The lowest BCUT2D eigenvalue weighted by atomic mass is 9.99. The molecule has 1 aromatic rings. The Balaban J connectivity index is 1.80. The predicted molar refractivity (Wildman–Crippen MR) is 81.8 cm³/mol. The standard InChI is InChI=1S/C16H20BrNO/c1-12(4-2-3-9-19)18-11-16(7-8-16)14-10-13(17)5-6-15(14)18/h5-6,9-10,12H,2-4,7-8,11H2,1H3. The van der Waals surface area contributed by atoms with Crippen molar-refractivity contribution in [1.82, 2.24) is 0 Å². The molecule has 1 spiro atoms. The van der Waals surface area contributed by atoms with E-state index in [-0.39, 0.29) is 0 Å². The summed E-state index contributed by atoms with van der Waals surface area (Å²) < 4.78 is 1.19. The van der Waals surface area contributed by atoms with E-state index in [9.17, 15) is 4.79 Å². The number of hydrogen-bond donors (Lipinski definition) is 0. The Hall–Kier alpha value is -0.830. The van der Waals surface area contributed by atoms with Crippen molar-refractivity contribution >= 4 is 27.9 Å². The molecule has 0 bridgehead atoms. The van der Waals surface area contributed by atoms with Gasteiger partial charge in [0.2, 0.25) is 0 Å². The van der Waals surface area contributed by atoms with Gasteiger partial charge in [-0.15, -0.1) is 0 Å². The van der Waals surface area contributed by atoms with Crippen LogP contribution in [0, 0.1) is 0 Å². The van der Waals surface area contributed by atoms with Crippen molar-refractivity contribution in [2.75, 3.05) is 11.4 Å². The van der Waals surface area contributed by atoms with Crippen molar-refractivity contribution in [3.05, 3.63) is 28.2 Å². The van der Waals surface area contributed by atoms with Crippen molar-refractivity contribution in [2.45, 2.75) is 50.5 Å². The van der Waals surface area contributed by atoms with E-state index in [0.29, 0.717) is 17.9 Å². The number of halogens is 1. The zero-order chi connectivity index (χ0) is 13.5. The van der Waals surface area contributed by atoms with E-state index in [4.69, 9.17) is 0 Å². The zero-order valence-corrected chi connectivity index (χ0v) is 12.9. The average molecular weight is 322 g/mol. The fourth-order valence-electron chi connectivity index (χ4n) is 3.30. The molecule has 19 heavy (non-hydrogen) atoms. The molecule has 3 rings (SSSR count). The summed E-state index contributed by atoms with van der Waals surface area (Å²) in [6.07, 6.45) is 6.48. The van der Waals surface area contributed by atoms with Crippen LogP contribution in [-0.2, 0) is 10.2 Å². The van der Waals surface area contributed by atoms with Gasteiger partial charge in [0, 0.05) is 34.6 Å². The summed E-state index contributed by atoms with van der Waals surface area (Å²) in [5, 5.41) is 0. The second-order valence-electron chi connectivity index (χ2n) is 6.02. The summed E-state index contributed by atoms with van der Waals surface area (Å²) in [5.74, 6) is 0. The topological polar surface area (TPSA) is 20.3 Å². The molecule has 1 atom stereocenters. The first-order valence-electron chi connectivity index (χ1n) is 7.17. The molecule has 1 saturated carbocycles. The monoisotopic (exact) mass is 321 g/mol. The van der Waals surface area contributed by atoms with Crippen LogP contribution < -0.4 is 4.90 Å². The number of carbonyl (C=O) groups is 1. The molecule has 1 aliphatic heterocycles. The molecule has 0 aromatic heterocycles. The Morgan fingerprint density at radius 2 is 2.26 bits per heavy atom. The largest absolute Gasteiger partial charge is 0.368 e. The molecule has 1 aromatic carbocycles. The lowest BCUT2D eigenvalue weighted by molar-refractivity contribution is -0.107. The van der Waals surface area contributed by atoms with Crippen LogP contribution in [0.4, 0.5) is 5.69 Å². The van der Waals surface area contributed by atoms with Crippen molar-refractivity contribution in [2.24, 2.45) is 0 Å². The number of rotatable bonds is 5. The molecule has 1 fully saturated rings. The fraction of sp³-hybridized carbons (Fsp3) is 0.562. The highest BCUT2D eigenvalue weighted by atomic mass is 79.9. The summed E-state index contributed by atoms with van der Waals surface area (Å²) in [4.78, 5) is 13.0. The summed E-state index contributed by atoms with van der Waals surface area (Å²) in [7, 11) is 0. The molecule has 3 heteroatoms. The first-order chi connectivity index (χ1) is 9.16. The van der Waals surface area contributed by atoms with Gasteiger partial charge in [0.1, 0.15) is 6.29 Å². The van der Waals surface area contributed by atoms with Gasteiger partial charge >= 0.3 is 0 Å². The summed E-state index contributed by atoms with van der Waals surface area (Å²) >= 11 is 3.60. The van der Waals surface area contributed by atoms with Gasteiger partial charge in [0.15, 0.2) is 0 Å². The molecule has 1 aliphatic carbocycles. The van der Waals surface area contributed by atoms with Crippen LogP contribution in [0.25, 0.3) is 0 Å². The molecule has 1 heterocycles. The van der Waals surface area contributed by atoms with E-state index in [1.54, 1.807) is 0 Å². The molecule has 0 radical (unpaired) electrons. The highest BCUT2D eigenvalue weighted by Gasteiger charge is 2.52. The number of anilines is 1. The lowest BCUT2D eigenvalue weighted by Gasteiger charge is -2.27. The van der Waals surface area contributed by atoms with Crippen molar-refractivity contribution in [3.8, 4) is 0 Å². The normalized spacial score (nSPS) is 20.4. The van der Waals surface area contributed by atoms with Crippen molar-refractivity contribution in [1.29, 1.82) is 0 Å². The van der Waals surface area contributed by atoms with E-state index in [2.05, 4.69) is 46.0 Å². The van der Waals surface area contributed by atoms with Crippen LogP contribution in [0.15, 0.2) is 22.7 Å². The van der Waals surface area contributed by atoms with Gasteiger partial charge in [0.25, 0.3) is 0 Å². The van der Waals surface area contributed by atoms with Gasteiger partial charge in [-0.05, 0) is 56.4 Å². The minimum absolute atomic E-state index is 0.442. The number of nitrogens with zero attached hydrogens (tertiary/aromatic N) is 1. The molecule has 0 N–H and O–H groups in total. The Labute approximate surface area is 123 Å². The average Bonchev–Trinajstić information content (AvgIpc) is 3.10. The lowest BCUT2D eigenvalue weighted by Crippen LogP contribution is -2.33. The van der Waals surface area contributed by atoms with E-state index >= 15 is 0 Å². The van der Waals surface area contributed by atoms with Crippen LogP contribution in [0.5, 0.6) is 0 Å². The number of benzene rings is 1. The molecular weight excluding hydrogens is 302 g/mol. The molecule has 0 saturated heterocycles. The molecule has 2 aliphatic rings. The molecule has 102 valence electrons. The second kappa shape index (κ2) is 4.93. The second-order valence-corrected chi connectivity index (χ2v) is 6.93. The predicted octanol–water partition coefficient (Wildman–Crippen LogP) is 4.06. The maximum atomic E-state index is 10.4. The number of aldehydes is 1. The van der Waals surface area contributed by atoms with Gasteiger partial charge in [0.05, 0.1) is 0 Å². The third-order valence-corrected chi connectivity index (χ3v) is 5.14. The molecule has 0 amide bonds. The van der Waals surface area contributed by atoms with Gasteiger partial charge in [-0.1, -0.05) is 15.9 Å². The Bertz CT molecular complexity index is 496. The van der Waals surface area contributed by atoms with E-state index in [0.717, 1.165) is 19.1 Å². The quantitative estimate of drug-likeness (QED) is 0.602. The number of unbranched alkanes of at least 4 members (excludes halogenated alkanes) is 1. The van der Waals surface area contributed by atoms with E-state index in [1.807, 2.05) is 0 Å². The number of carbonyl (C=O) groups excluding carboxylic acids is 1. The van der Waals surface area contributed by atoms with Gasteiger partial charge in [-0.25, -0.2) is 0 Å². The summed E-state index contributed by atoms with van der Waals surface area (Å²) in [6.45, 7) is 3.46. The van der Waals surface area contributed by atoms with Crippen LogP contribution >= 0.6 is 15.9 Å². The number of hydrogen-bond acceptors (Lipinski definition) is 2. The van der Waals surface area contributed by atoms with E-state index < -0.39 is 0 Å². The fourth-order valence-corrected chi connectivity index (χ4v) is 3.67. The minimum Gasteiger partial charge on any atom is -0.368 e. The van der Waals surface area contributed by atoms with Gasteiger partial charge in [-0.3, -0.25) is 0 Å². The smallest absolute Gasteiger partial charge is 0.119 e. The number of fused-ring (bicyclic) bond motifs is 2. The Kier molecular flexibility index (Phi) is 3.42. The van der Waals surface area contributed by atoms with Crippen LogP contribution in [0.1, 0.15) is 44.6 Å². The Morgan fingerprint density at radius 3 is 2.95 bits per heavy atom. The third-order valence-electron chi connectivity index (χ3n) is 4.64. The highest BCUT2D eigenvalue weighted by molar-refractivity contribution is 9.10. The summed E-state index contributed by atoms with van der Waals surface area (Å²) in [5.41, 5.74) is 3.39. The van der Waals surface area contributed by atoms with Gasteiger partial charge in [-0.2, -0.15) is 0 Å². The van der Waals surface area contributed by atoms with Gasteiger partial charge < -0.3 is 9.69 Å². The first kappa shape index (κ1) is 13.2. The minimum atomic E-state index is 0.442. The van der Waals surface area contributed by atoms with Crippen molar-refractivity contribution < 1.29 is 4.79 Å². The van der Waals surface area contributed by atoms with Crippen LogP contribution in [-0.4, -0.2) is 18.9 Å². The SMILES string of the molecule is CC(CCCC=O)N1CC2(CC2)c2cc(Br)ccc21. The zero-order valence-electron chi connectivity index (χ0n) is 11.4. The van der Waals surface area contributed by atoms with Crippen LogP contribution in [0.2, 0.25) is 0 Å². The summed E-state index contributed by atoms with van der Waals surface area (Å²) in [6, 6.07) is 7.23. The van der Waals surface area contributed by atoms with Crippen molar-refractivity contribution in [3.63, 3.8) is 0 Å². The molecular formula is C16H20BrNO. The molecule has 1 unspecified atom stereocenters. The van der Waals surface area contributed by atoms with Crippen LogP contribution in [0.3, 0.4) is 0 Å². The maximum absolute atomic E-state index is 10.4. The third kappa shape index (κ3) is 2.33. The Morgan fingerprint density at radius 1 is 1.47 bits per heavy atom. The maximum Gasteiger partial charge on any atom is 0.119 e. The highest BCUT2D eigenvalue weighted by Crippen LogP contribution is 2.57.